The summed E-state index contributed by atoms with van der Waals surface area (Å²) in [6.07, 6.45) is 0.692. The third-order valence-corrected chi connectivity index (χ3v) is 6.51. The molecule has 4 heterocycles. The van der Waals surface area contributed by atoms with Crippen molar-refractivity contribution >= 4 is 11.9 Å². The number of alkyl halides is 3. The first-order chi connectivity index (χ1) is 14.0. The number of carbonyl (C=O) groups excluding carboxylic acids is 1. The van der Waals surface area contributed by atoms with Gasteiger partial charge in [-0.3, -0.25) is 4.79 Å². The molecule has 10 heteroatoms. The summed E-state index contributed by atoms with van der Waals surface area (Å²) in [5.74, 6) is -1.03. The van der Waals surface area contributed by atoms with Crippen LogP contribution in [0.2, 0.25) is 0 Å². The molecular formula is C20H30F3N5O2. The minimum Gasteiger partial charge on any atom is -0.351 e. The van der Waals surface area contributed by atoms with E-state index in [9.17, 15) is 18.0 Å². The van der Waals surface area contributed by atoms with Gasteiger partial charge in [0.2, 0.25) is 5.91 Å². The molecule has 168 valence electrons. The highest BCUT2D eigenvalue weighted by atomic mass is 19.4. The molecule has 1 amide bonds. The van der Waals surface area contributed by atoms with Gasteiger partial charge in [0.15, 0.2) is 0 Å². The fourth-order valence-electron chi connectivity index (χ4n) is 5.19. The minimum absolute atomic E-state index is 0.00849. The standard InChI is InChI=1S/C20H30F3N5O2/c1-19(2,3)25-16(29)12-6-8-27(9-7-12)15-10-13-4-5-14(11-15)28(13)18-24-17(26-30-18)20(21,22)23/h12-15H,4-11H2,1-3H3,(H,25,29)/t13-,14+,15?. The van der Waals surface area contributed by atoms with Gasteiger partial charge >= 0.3 is 12.2 Å². The Morgan fingerprint density at radius 3 is 2.13 bits per heavy atom. The van der Waals surface area contributed by atoms with Crippen molar-refractivity contribution in [3.05, 3.63) is 5.82 Å². The maximum atomic E-state index is 12.8. The molecule has 3 saturated heterocycles. The van der Waals surface area contributed by atoms with Gasteiger partial charge in [0.05, 0.1) is 0 Å². The van der Waals surface area contributed by atoms with Crippen molar-refractivity contribution < 1.29 is 22.5 Å². The largest absolute Gasteiger partial charge is 0.455 e. The monoisotopic (exact) mass is 429 g/mol. The molecule has 3 atom stereocenters. The van der Waals surface area contributed by atoms with Crippen molar-refractivity contribution in [2.45, 2.75) is 89.1 Å². The molecule has 0 aromatic carbocycles. The van der Waals surface area contributed by atoms with E-state index in [1.165, 1.54) is 0 Å². The van der Waals surface area contributed by atoms with Gasteiger partial charge < -0.3 is 19.6 Å². The Morgan fingerprint density at radius 2 is 1.63 bits per heavy atom. The Labute approximate surface area is 174 Å². The van der Waals surface area contributed by atoms with Crippen LogP contribution in [0.15, 0.2) is 4.52 Å². The summed E-state index contributed by atoms with van der Waals surface area (Å²) in [6, 6.07) is 0.621. The maximum absolute atomic E-state index is 12.8. The van der Waals surface area contributed by atoms with Crippen LogP contribution in [-0.4, -0.2) is 57.7 Å². The highest BCUT2D eigenvalue weighted by Crippen LogP contribution is 2.41. The SMILES string of the molecule is CC(C)(C)NC(=O)C1CCN(C2C[C@H]3CC[C@@H](C2)N3c2nc(C(F)(F)F)no2)CC1. The van der Waals surface area contributed by atoms with Crippen molar-refractivity contribution in [1.29, 1.82) is 0 Å². The first kappa shape index (κ1) is 21.4. The number of likely N-dealkylation sites (tertiary alicyclic amines) is 1. The summed E-state index contributed by atoms with van der Waals surface area (Å²) in [4.78, 5) is 20.4. The van der Waals surface area contributed by atoms with Crippen molar-refractivity contribution in [1.82, 2.24) is 20.4 Å². The third-order valence-electron chi connectivity index (χ3n) is 6.51. The Balaban J connectivity index is 1.34. The molecule has 1 aromatic heterocycles. The molecule has 1 aromatic rings. The van der Waals surface area contributed by atoms with Crippen LogP contribution in [0.3, 0.4) is 0 Å². The van der Waals surface area contributed by atoms with Crippen LogP contribution in [0.1, 0.15) is 65.1 Å². The van der Waals surface area contributed by atoms with Crippen molar-refractivity contribution in [2.24, 2.45) is 5.92 Å². The number of hydrogen-bond donors (Lipinski definition) is 1. The van der Waals surface area contributed by atoms with E-state index in [0.717, 1.165) is 51.6 Å². The van der Waals surface area contributed by atoms with Gasteiger partial charge in [0.1, 0.15) is 0 Å². The molecule has 3 aliphatic heterocycles. The van der Waals surface area contributed by atoms with Crippen LogP contribution in [0.25, 0.3) is 0 Å². The number of amides is 1. The van der Waals surface area contributed by atoms with E-state index in [-0.39, 0.29) is 35.5 Å². The molecule has 7 nitrogen and oxygen atoms in total. The third kappa shape index (κ3) is 4.43. The molecule has 4 rings (SSSR count). The van der Waals surface area contributed by atoms with Gasteiger partial charge in [-0.05, 0) is 77.5 Å². The van der Waals surface area contributed by atoms with E-state index >= 15 is 0 Å². The average molecular weight is 429 g/mol. The lowest BCUT2D eigenvalue weighted by atomic mass is 9.90. The van der Waals surface area contributed by atoms with Gasteiger partial charge in [-0.15, -0.1) is 0 Å². The zero-order valence-electron chi connectivity index (χ0n) is 17.7. The number of hydrogen-bond acceptors (Lipinski definition) is 6. The summed E-state index contributed by atoms with van der Waals surface area (Å²) in [5, 5.41) is 6.19. The molecular weight excluding hydrogens is 399 g/mol. The summed E-state index contributed by atoms with van der Waals surface area (Å²) >= 11 is 0. The lowest BCUT2D eigenvalue weighted by Crippen LogP contribution is -2.53. The second-order valence-corrected chi connectivity index (χ2v) is 9.87. The lowest BCUT2D eigenvalue weighted by Gasteiger charge is -2.44. The van der Waals surface area contributed by atoms with E-state index in [4.69, 9.17) is 4.52 Å². The second-order valence-electron chi connectivity index (χ2n) is 9.87. The zero-order valence-corrected chi connectivity index (χ0v) is 17.7. The molecule has 0 spiro atoms. The second kappa shape index (κ2) is 7.69. The predicted molar refractivity (Wildman–Crippen MR) is 104 cm³/mol. The molecule has 30 heavy (non-hydrogen) atoms. The van der Waals surface area contributed by atoms with Crippen LogP contribution in [-0.2, 0) is 11.0 Å². The van der Waals surface area contributed by atoms with Gasteiger partial charge in [0.25, 0.3) is 5.82 Å². The smallest absolute Gasteiger partial charge is 0.351 e. The number of anilines is 1. The van der Waals surface area contributed by atoms with Crippen LogP contribution >= 0.6 is 0 Å². The number of nitrogens with one attached hydrogen (secondary N) is 1. The number of aromatic nitrogens is 2. The number of halogens is 3. The molecule has 3 aliphatic rings. The molecule has 0 radical (unpaired) electrons. The average Bonchev–Trinajstić information content (AvgIpc) is 3.22. The quantitative estimate of drug-likeness (QED) is 0.795. The van der Waals surface area contributed by atoms with Gasteiger partial charge in [-0.2, -0.15) is 18.2 Å². The van der Waals surface area contributed by atoms with Gasteiger partial charge in [-0.25, -0.2) is 0 Å². The van der Waals surface area contributed by atoms with E-state index in [2.05, 4.69) is 20.4 Å². The number of carbonyl (C=O) groups is 1. The first-order valence-corrected chi connectivity index (χ1v) is 10.8. The molecule has 1 N–H and O–H groups in total. The summed E-state index contributed by atoms with van der Waals surface area (Å²) in [6.45, 7) is 7.73. The Bertz CT molecular complexity index is 753. The van der Waals surface area contributed by atoms with Crippen molar-refractivity contribution in [2.75, 3.05) is 18.0 Å². The molecule has 3 fully saturated rings. The van der Waals surface area contributed by atoms with Crippen molar-refractivity contribution in [3.8, 4) is 0 Å². The summed E-state index contributed by atoms with van der Waals surface area (Å²) in [7, 11) is 0. The lowest BCUT2D eigenvalue weighted by molar-refractivity contribution is -0.146. The van der Waals surface area contributed by atoms with Gasteiger partial charge in [-0.1, -0.05) is 0 Å². The number of rotatable bonds is 3. The fourth-order valence-corrected chi connectivity index (χ4v) is 5.19. The van der Waals surface area contributed by atoms with E-state index < -0.39 is 12.0 Å². The van der Waals surface area contributed by atoms with E-state index in [1.54, 1.807) is 0 Å². The molecule has 0 aliphatic carbocycles. The maximum Gasteiger partial charge on any atom is 0.455 e. The van der Waals surface area contributed by atoms with Crippen LogP contribution in [0.5, 0.6) is 0 Å². The Morgan fingerprint density at radius 1 is 1.03 bits per heavy atom. The van der Waals surface area contributed by atoms with Crippen molar-refractivity contribution in [3.63, 3.8) is 0 Å². The van der Waals surface area contributed by atoms with Crippen LogP contribution < -0.4 is 10.2 Å². The number of nitrogens with zero attached hydrogens (tertiary/aromatic N) is 4. The summed E-state index contributed by atoms with van der Waals surface area (Å²) in [5.41, 5.74) is -0.221. The predicted octanol–water partition coefficient (Wildman–Crippen LogP) is 3.21. The van der Waals surface area contributed by atoms with E-state index in [1.807, 2.05) is 25.7 Å². The summed E-state index contributed by atoms with van der Waals surface area (Å²) < 4.78 is 43.4. The molecule has 2 bridgehead atoms. The fraction of sp³-hybridized carbons (Fsp3) is 0.850. The normalized spacial score (nSPS) is 28.7. The number of fused-ring (bicyclic) bond motifs is 2. The Hall–Kier alpha value is -1.84. The first-order valence-electron chi connectivity index (χ1n) is 10.8. The minimum atomic E-state index is -4.59. The number of piperidine rings is 2. The molecule has 1 unspecified atom stereocenters. The zero-order chi connectivity index (χ0) is 21.7. The van der Waals surface area contributed by atoms with Gasteiger partial charge in [0, 0.05) is 29.6 Å². The van der Waals surface area contributed by atoms with Crippen LogP contribution in [0.4, 0.5) is 19.2 Å². The topological polar surface area (TPSA) is 74.5 Å². The highest BCUT2D eigenvalue weighted by molar-refractivity contribution is 5.79. The Kier molecular flexibility index (Phi) is 5.48. The van der Waals surface area contributed by atoms with E-state index in [0.29, 0.717) is 6.04 Å². The van der Waals surface area contributed by atoms with Crippen LogP contribution in [0, 0.1) is 5.92 Å². The molecule has 0 saturated carbocycles. The highest BCUT2D eigenvalue weighted by Gasteiger charge is 2.46.